The van der Waals surface area contributed by atoms with Crippen molar-refractivity contribution in [2.45, 2.75) is 27.3 Å². The molecule has 0 spiro atoms. The summed E-state index contributed by atoms with van der Waals surface area (Å²) < 4.78 is 1.13. The number of benzene rings is 1. The largest absolute Gasteiger partial charge is 0.380 e. The third-order valence-electron chi connectivity index (χ3n) is 2.77. The minimum atomic E-state index is 0.847. The molecule has 2 aromatic rings. The summed E-state index contributed by atoms with van der Waals surface area (Å²) in [6.45, 7) is 7.15. The zero-order valence-corrected chi connectivity index (χ0v) is 12.6. The summed E-state index contributed by atoms with van der Waals surface area (Å²) in [5.41, 5.74) is 6.77. The van der Waals surface area contributed by atoms with Crippen LogP contribution in [0.1, 0.15) is 21.7 Å². The Morgan fingerprint density at radius 3 is 2.41 bits per heavy atom. The molecule has 0 saturated heterocycles. The minimum Gasteiger partial charge on any atom is -0.380 e. The highest BCUT2D eigenvalue weighted by Gasteiger charge is 2.06. The molecule has 0 bridgehead atoms. The predicted molar refractivity (Wildman–Crippen MR) is 77.8 cm³/mol. The van der Waals surface area contributed by atoms with E-state index in [2.05, 4.69) is 59.1 Å². The molecule has 0 atom stereocenters. The Labute approximate surface area is 114 Å². The molecule has 1 heterocycles. The van der Waals surface area contributed by atoms with Crippen molar-refractivity contribution in [1.82, 2.24) is 4.98 Å². The first-order chi connectivity index (χ1) is 8.08. The third kappa shape index (κ3) is 2.87. The molecule has 1 aromatic carbocycles. The molecule has 0 amide bonds. The van der Waals surface area contributed by atoms with Gasteiger partial charge in [-0.1, -0.05) is 15.9 Å². The summed E-state index contributed by atoms with van der Waals surface area (Å²) in [5, 5.41) is 3.50. The first kappa shape index (κ1) is 12.6. The maximum atomic E-state index is 4.26. The lowest BCUT2D eigenvalue weighted by Gasteiger charge is -2.12. The van der Waals surface area contributed by atoms with E-state index in [-0.39, 0.29) is 0 Å². The Kier molecular flexibility index (Phi) is 3.84. The molecule has 4 heteroatoms. The molecule has 1 aromatic heterocycles. The summed E-state index contributed by atoms with van der Waals surface area (Å²) >= 11 is 5.21. The highest BCUT2D eigenvalue weighted by molar-refractivity contribution is 9.10. The molecular weight excluding hydrogens is 296 g/mol. The molecule has 90 valence electrons. The van der Waals surface area contributed by atoms with E-state index < -0.39 is 0 Å². The van der Waals surface area contributed by atoms with Crippen LogP contribution in [0.2, 0.25) is 0 Å². The van der Waals surface area contributed by atoms with Crippen molar-refractivity contribution < 1.29 is 0 Å². The van der Waals surface area contributed by atoms with Crippen LogP contribution < -0.4 is 5.32 Å². The van der Waals surface area contributed by atoms with Crippen LogP contribution in [0.25, 0.3) is 0 Å². The van der Waals surface area contributed by atoms with Crippen LogP contribution in [0.3, 0.4) is 0 Å². The number of aromatic nitrogens is 1. The second-order valence-corrected chi connectivity index (χ2v) is 5.98. The number of hydrogen-bond donors (Lipinski definition) is 1. The van der Waals surface area contributed by atoms with Crippen molar-refractivity contribution in [3.05, 3.63) is 43.8 Å². The Morgan fingerprint density at radius 1 is 1.24 bits per heavy atom. The fourth-order valence-corrected chi connectivity index (χ4v) is 3.26. The summed E-state index contributed by atoms with van der Waals surface area (Å²) in [4.78, 5) is 5.56. The zero-order chi connectivity index (χ0) is 12.4. The van der Waals surface area contributed by atoms with E-state index in [1.807, 2.05) is 5.51 Å². The molecule has 0 radical (unpaired) electrons. The van der Waals surface area contributed by atoms with Crippen LogP contribution in [0.4, 0.5) is 5.69 Å². The fourth-order valence-electron chi connectivity index (χ4n) is 1.85. The van der Waals surface area contributed by atoms with Gasteiger partial charge in [-0.15, -0.1) is 11.3 Å². The van der Waals surface area contributed by atoms with Crippen LogP contribution in [0, 0.1) is 20.8 Å². The van der Waals surface area contributed by atoms with Gasteiger partial charge in [0, 0.05) is 15.0 Å². The van der Waals surface area contributed by atoms with E-state index in [0.717, 1.165) is 16.7 Å². The van der Waals surface area contributed by atoms with Gasteiger partial charge in [0.05, 0.1) is 17.7 Å². The number of halogens is 1. The summed E-state index contributed by atoms with van der Waals surface area (Å²) in [5.74, 6) is 0. The standard InChI is InChI=1S/C13H15BrN2S/c1-8-4-11(14)5-9(2)13(8)15-6-12-10(3)16-7-17-12/h4-5,7,15H,6H2,1-3H3. The lowest BCUT2D eigenvalue weighted by molar-refractivity contribution is 1.11. The Morgan fingerprint density at radius 2 is 1.88 bits per heavy atom. The van der Waals surface area contributed by atoms with Crippen LogP contribution in [0.5, 0.6) is 0 Å². The van der Waals surface area contributed by atoms with E-state index in [4.69, 9.17) is 0 Å². The normalized spacial score (nSPS) is 10.6. The lowest BCUT2D eigenvalue weighted by Crippen LogP contribution is -2.02. The van der Waals surface area contributed by atoms with Crippen molar-refractivity contribution in [2.75, 3.05) is 5.32 Å². The van der Waals surface area contributed by atoms with Gasteiger partial charge in [-0.05, 0) is 44.0 Å². The number of thiazole rings is 1. The van der Waals surface area contributed by atoms with E-state index in [1.54, 1.807) is 11.3 Å². The number of anilines is 1. The number of rotatable bonds is 3. The van der Waals surface area contributed by atoms with Gasteiger partial charge in [0.15, 0.2) is 0 Å². The topological polar surface area (TPSA) is 24.9 Å². The fraction of sp³-hybridized carbons (Fsp3) is 0.308. The van der Waals surface area contributed by atoms with Gasteiger partial charge >= 0.3 is 0 Å². The second kappa shape index (κ2) is 5.19. The van der Waals surface area contributed by atoms with E-state index in [9.17, 15) is 0 Å². The molecule has 2 rings (SSSR count). The van der Waals surface area contributed by atoms with E-state index in [0.29, 0.717) is 0 Å². The number of nitrogens with zero attached hydrogens (tertiary/aromatic N) is 1. The minimum absolute atomic E-state index is 0.847. The molecule has 0 aliphatic heterocycles. The molecule has 0 unspecified atom stereocenters. The Bertz CT molecular complexity index is 511. The molecule has 17 heavy (non-hydrogen) atoms. The average molecular weight is 311 g/mol. The summed E-state index contributed by atoms with van der Waals surface area (Å²) in [6.07, 6.45) is 0. The molecule has 0 aliphatic rings. The Hall–Kier alpha value is -0.870. The number of nitrogens with one attached hydrogen (secondary N) is 1. The van der Waals surface area contributed by atoms with Crippen molar-refractivity contribution >= 4 is 33.0 Å². The summed E-state index contributed by atoms with van der Waals surface area (Å²) in [6, 6.07) is 4.27. The highest BCUT2D eigenvalue weighted by Crippen LogP contribution is 2.26. The predicted octanol–water partition coefficient (Wildman–Crippen LogP) is 4.44. The molecule has 1 N–H and O–H groups in total. The average Bonchev–Trinajstić information content (AvgIpc) is 2.62. The molecule has 0 fully saturated rings. The van der Waals surface area contributed by atoms with Crippen molar-refractivity contribution in [2.24, 2.45) is 0 Å². The van der Waals surface area contributed by atoms with Crippen molar-refractivity contribution in [3.63, 3.8) is 0 Å². The first-order valence-corrected chi connectivity index (χ1v) is 7.15. The molecule has 0 saturated carbocycles. The van der Waals surface area contributed by atoms with Gasteiger partial charge in [-0.2, -0.15) is 0 Å². The van der Waals surface area contributed by atoms with Gasteiger partial charge in [-0.25, -0.2) is 4.98 Å². The highest BCUT2D eigenvalue weighted by atomic mass is 79.9. The van der Waals surface area contributed by atoms with E-state index in [1.165, 1.54) is 21.7 Å². The lowest BCUT2D eigenvalue weighted by atomic mass is 10.1. The van der Waals surface area contributed by atoms with Crippen molar-refractivity contribution in [1.29, 1.82) is 0 Å². The van der Waals surface area contributed by atoms with Crippen LogP contribution >= 0.6 is 27.3 Å². The van der Waals surface area contributed by atoms with Crippen LogP contribution in [-0.4, -0.2) is 4.98 Å². The number of hydrogen-bond acceptors (Lipinski definition) is 3. The maximum absolute atomic E-state index is 4.26. The molecular formula is C13H15BrN2S. The molecule has 2 nitrogen and oxygen atoms in total. The summed E-state index contributed by atoms with van der Waals surface area (Å²) in [7, 11) is 0. The van der Waals surface area contributed by atoms with Gasteiger partial charge in [0.2, 0.25) is 0 Å². The number of aryl methyl sites for hydroxylation is 3. The van der Waals surface area contributed by atoms with Crippen molar-refractivity contribution in [3.8, 4) is 0 Å². The third-order valence-corrected chi connectivity index (χ3v) is 4.16. The van der Waals surface area contributed by atoms with Crippen LogP contribution in [-0.2, 0) is 6.54 Å². The quantitative estimate of drug-likeness (QED) is 0.906. The monoisotopic (exact) mass is 310 g/mol. The van der Waals surface area contributed by atoms with Gasteiger partial charge in [0.25, 0.3) is 0 Å². The van der Waals surface area contributed by atoms with Gasteiger partial charge in [0.1, 0.15) is 0 Å². The SMILES string of the molecule is Cc1cc(Br)cc(C)c1NCc1scnc1C. The smallest absolute Gasteiger partial charge is 0.0798 e. The van der Waals surface area contributed by atoms with Gasteiger partial charge < -0.3 is 5.32 Å². The van der Waals surface area contributed by atoms with E-state index >= 15 is 0 Å². The van der Waals surface area contributed by atoms with Gasteiger partial charge in [-0.3, -0.25) is 0 Å². The van der Waals surface area contributed by atoms with Crippen LogP contribution in [0.15, 0.2) is 22.1 Å². The maximum Gasteiger partial charge on any atom is 0.0798 e. The second-order valence-electron chi connectivity index (χ2n) is 4.13. The Balaban J connectivity index is 2.17. The first-order valence-electron chi connectivity index (χ1n) is 5.47. The zero-order valence-electron chi connectivity index (χ0n) is 10.2. The molecule has 0 aliphatic carbocycles.